The number of nitrogens with two attached hydrogens (primary N) is 1. The Morgan fingerprint density at radius 3 is 2.70 bits per heavy atom. The van der Waals surface area contributed by atoms with E-state index in [1.54, 1.807) is 0 Å². The lowest BCUT2D eigenvalue weighted by atomic mass is 9.77. The highest BCUT2D eigenvalue weighted by Gasteiger charge is 2.37. The van der Waals surface area contributed by atoms with E-state index in [1.165, 1.54) is 50.6 Å². The van der Waals surface area contributed by atoms with Gasteiger partial charge >= 0.3 is 0 Å². The second-order valence-corrected chi connectivity index (χ2v) is 6.67. The van der Waals surface area contributed by atoms with Gasteiger partial charge in [-0.1, -0.05) is 42.6 Å². The predicted molar refractivity (Wildman–Crippen MR) is 84.9 cm³/mol. The molecule has 110 valence electrons. The van der Waals surface area contributed by atoms with Crippen LogP contribution in [0.15, 0.2) is 24.3 Å². The van der Waals surface area contributed by atoms with Crippen LogP contribution in [0, 0.1) is 5.92 Å². The molecule has 2 aliphatic rings. The number of halogens is 1. The zero-order valence-corrected chi connectivity index (χ0v) is 12.9. The van der Waals surface area contributed by atoms with Gasteiger partial charge in [-0.05, 0) is 49.8 Å². The minimum atomic E-state index is 0.287. The van der Waals surface area contributed by atoms with Crippen molar-refractivity contribution in [3.63, 3.8) is 0 Å². The molecular formula is C17H25ClN2. The fraction of sp³-hybridized carbons (Fsp3) is 0.647. The summed E-state index contributed by atoms with van der Waals surface area (Å²) < 4.78 is 0. The van der Waals surface area contributed by atoms with E-state index in [0.717, 1.165) is 17.0 Å². The molecule has 1 aromatic carbocycles. The van der Waals surface area contributed by atoms with E-state index in [2.05, 4.69) is 17.0 Å². The number of piperidine rings is 1. The third-order valence-corrected chi connectivity index (χ3v) is 5.52. The molecule has 3 atom stereocenters. The van der Waals surface area contributed by atoms with Gasteiger partial charge in [-0.15, -0.1) is 0 Å². The summed E-state index contributed by atoms with van der Waals surface area (Å²) in [6.07, 6.45) is 8.24. The number of hydrogen-bond acceptors (Lipinski definition) is 2. The third-order valence-electron chi connectivity index (χ3n) is 5.17. The van der Waals surface area contributed by atoms with Crippen molar-refractivity contribution < 1.29 is 0 Å². The monoisotopic (exact) mass is 292 g/mol. The van der Waals surface area contributed by atoms with Crippen molar-refractivity contribution in [1.82, 2.24) is 4.90 Å². The van der Waals surface area contributed by atoms with Crippen LogP contribution in [-0.4, -0.2) is 24.0 Å². The lowest BCUT2D eigenvalue weighted by Crippen LogP contribution is -2.50. The summed E-state index contributed by atoms with van der Waals surface area (Å²) >= 11 is 6.41. The number of benzene rings is 1. The van der Waals surface area contributed by atoms with Crippen LogP contribution >= 0.6 is 11.6 Å². The topological polar surface area (TPSA) is 29.3 Å². The van der Waals surface area contributed by atoms with E-state index in [4.69, 9.17) is 17.3 Å². The summed E-state index contributed by atoms with van der Waals surface area (Å²) in [4.78, 5) is 2.66. The van der Waals surface area contributed by atoms with Gasteiger partial charge in [-0.3, -0.25) is 4.90 Å². The Labute approximate surface area is 127 Å². The molecule has 0 amide bonds. The number of nitrogens with zero attached hydrogens (tertiary/aromatic N) is 1. The summed E-state index contributed by atoms with van der Waals surface area (Å²) in [5.74, 6) is 0.883. The van der Waals surface area contributed by atoms with Crippen molar-refractivity contribution in [2.24, 2.45) is 11.7 Å². The van der Waals surface area contributed by atoms with Crippen LogP contribution in [0.1, 0.15) is 50.1 Å². The Morgan fingerprint density at radius 1 is 1.15 bits per heavy atom. The van der Waals surface area contributed by atoms with Crippen molar-refractivity contribution in [2.75, 3.05) is 13.1 Å². The lowest BCUT2D eigenvalue weighted by Gasteiger charge is -2.47. The second-order valence-electron chi connectivity index (χ2n) is 6.26. The summed E-state index contributed by atoms with van der Waals surface area (Å²) in [6.45, 7) is 1.83. The zero-order valence-electron chi connectivity index (χ0n) is 12.1. The fourth-order valence-corrected chi connectivity index (χ4v) is 4.50. The standard InChI is InChI=1S/C17H25ClN2/c18-15-9-3-2-8-14(15)17(12-19)20-11-5-7-13-6-1-4-10-16(13)20/h2-3,8-9,13,16-17H,1,4-7,10-12,19H2. The van der Waals surface area contributed by atoms with Crippen LogP contribution in [0.3, 0.4) is 0 Å². The Bertz CT molecular complexity index is 446. The molecule has 3 heteroatoms. The van der Waals surface area contributed by atoms with Crippen LogP contribution in [-0.2, 0) is 0 Å². The van der Waals surface area contributed by atoms with Crippen molar-refractivity contribution in [1.29, 1.82) is 0 Å². The summed E-state index contributed by atoms with van der Waals surface area (Å²) in [5, 5.41) is 0.862. The first kappa shape index (κ1) is 14.4. The Hall–Kier alpha value is -0.570. The first-order chi connectivity index (χ1) is 9.81. The Kier molecular flexibility index (Phi) is 4.65. The van der Waals surface area contributed by atoms with Crippen molar-refractivity contribution in [3.8, 4) is 0 Å². The molecule has 1 saturated carbocycles. The maximum absolute atomic E-state index is 6.41. The minimum Gasteiger partial charge on any atom is -0.329 e. The molecule has 3 rings (SSSR count). The molecule has 0 radical (unpaired) electrons. The van der Waals surface area contributed by atoms with Crippen molar-refractivity contribution in [3.05, 3.63) is 34.9 Å². The minimum absolute atomic E-state index is 0.287. The number of rotatable bonds is 3. The van der Waals surface area contributed by atoms with Gasteiger partial charge in [0.05, 0.1) is 0 Å². The quantitative estimate of drug-likeness (QED) is 0.912. The normalized spacial score (nSPS) is 28.9. The van der Waals surface area contributed by atoms with Gasteiger partial charge in [0.1, 0.15) is 0 Å². The van der Waals surface area contributed by atoms with Crippen molar-refractivity contribution >= 4 is 11.6 Å². The maximum Gasteiger partial charge on any atom is 0.0488 e. The molecule has 1 aliphatic heterocycles. The summed E-state index contributed by atoms with van der Waals surface area (Å²) in [6, 6.07) is 9.22. The average molecular weight is 293 g/mol. The third kappa shape index (κ3) is 2.74. The fourth-order valence-electron chi connectivity index (χ4n) is 4.24. The molecule has 0 aromatic heterocycles. The first-order valence-corrected chi connectivity index (χ1v) is 8.39. The van der Waals surface area contributed by atoms with E-state index in [9.17, 15) is 0 Å². The molecule has 0 spiro atoms. The van der Waals surface area contributed by atoms with Crippen LogP contribution in [0.5, 0.6) is 0 Å². The van der Waals surface area contributed by atoms with E-state index in [0.29, 0.717) is 6.54 Å². The van der Waals surface area contributed by atoms with Gasteiger partial charge in [0.15, 0.2) is 0 Å². The van der Waals surface area contributed by atoms with E-state index < -0.39 is 0 Å². The maximum atomic E-state index is 6.41. The highest BCUT2D eigenvalue weighted by atomic mass is 35.5. The number of likely N-dealkylation sites (tertiary alicyclic amines) is 1. The van der Waals surface area contributed by atoms with Gasteiger partial charge in [0.2, 0.25) is 0 Å². The molecule has 1 heterocycles. The van der Waals surface area contributed by atoms with Gasteiger partial charge in [0.25, 0.3) is 0 Å². The van der Waals surface area contributed by atoms with Crippen LogP contribution in [0.4, 0.5) is 0 Å². The zero-order chi connectivity index (χ0) is 13.9. The smallest absolute Gasteiger partial charge is 0.0488 e. The molecule has 2 fully saturated rings. The lowest BCUT2D eigenvalue weighted by molar-refractivity contribution is 0.0276. The van der Waals surface area contributed by atoms with Gasteiger partial charge in [0, 0.05) is 23.7 Å². The Balaban J connectivity index is 1.86. The highest BCUT2D eigenvalue weighted by Crippen LogP contribution is 2.40. The second kappa shape index (κ2) is 6.46. The molecule has 3 unspecified atom stereocenters. The van der Waals surface area contributed by atoms with E-state index >= 15 is 0 Å². The summed E-state index contributed by atoms with van der Waals surface area (Å²) in [5.41, 5.74) is 7.34. The molecule has 20 heavy (non-hydrogen) atoms. The molecule has 1 saturated heterocycles. The van der Waals surface area contributed by atoms with Crippen LogP contribution < -0.4 is 5.73 Å². The van der Waals surface area contributed by atoms with E-state index in [-0.39, 0.29) is 6.04 Å². The molecular weight excluding hydrogens is 268 g/mol. The largest absolute Gasteiger partial charge is 0.329 e. The van der Waals surface area contributed by atoms with Gasteiger partial charge in [-0.2, -0.15) is 0 Å². The number of fused-ring (bicyclic) bond motifs is 1. The molecule has 1 aromatic rings. The SMILES string of the molecule is NCC(c1ccccc1Cl)N1CCCC2CCCCC21. The van der Waals surface area contributed by atoms with Crippen LogP contribution in [0.25, 0.3) is 0 Å². The van der Waals surface area contributed by atoms with Crippen molar-refractivity contribution in [2.45, 2.75) is 50.6 Å². The molecule has 1 aliphatic carbocycles. The van der Waals surface area contributed by atoms with E-state index in [1.807, 2.05) is 12.1 Å². The predicted octanol–water partition coefficient (Wildman–Crippen LogP) is 3.99. The molecule has 0 bridgehead atoms. The van der Waals surface area contributed by atoms with Gasteiger partial charge < -0.3 is 5.73 Å². The average Bonchev–Trinajstić information content (AvgIpc) is 2.50. The highest BCUT2D eigenvalue weighted by molar-refractivity contribution is 6.31. The first-order valence-electron chi connectivity index (χ1n) is 8.01. The number of hydrogen-bond donors (Lipinski definition) is 1. The molecule has 2 nitrogen and oxygen atoms in total. The van der Waals surface area contributed by atoms with Gasteiger partial charge in [-0.25, -0.2) is 0 Å². The summed E-state index contributed by atoms with van der Waals surface area (Å²) in [7, 11) is 0. The van der Waals surface area contributed by atoms with Crippen LogP contribution in [0.2, 0.25) is 5.02 Å². The molecule has 2 N–H and O–H groups in total. The Morgan fingerprint density at radius 2 is 1.90 bits per heavy atom.